The third-order valence-corrected chi connectivity index (χ3v) is 3.39. The van der Waals surface area contributed by atoms with Crippen LogP contribution in [-0.2, 0) is 0 Å². The van der Waals surface area contributed by atoms with Crippen LogP contribution in [0.4, 0.5) is 0 Å². The molecule has 0 unspecified atom stereocenters. The minimum absolute atomic E-state index is 0.602. The van der Waals surface area contributed by atoms with Gasteiger partial charge < -0.3 is 9.30 Å². The molecule has 0 spiro atoms. The Bertz CT molecular complexity index is 529. The molecule has 1 aliphatic rings. The average molecular weight is 257 g/mol. The molecule has 0 saturated heterocycles. The predicted octanol–water partition coefficient (Wildman–Crippen LogP) is 3.46. The van der Waals surface area contributed by atoms with E-state index < -0.39 is 0 Å². The molecule has 1 aromatic carbocycles. The van der Waals surface area contributed by atoms with Gasteiger partial charge in [0, 0.05) is 11.6 Å². The molecular weight excluding hydrogens is 238 g/mol. The number of unbranched alkanes of at least 4 members (excludes halogenated alkanes) is 1. The molecule has 4 heteroatoms. The summed E-state index contributed by atoms with van der Waals surface area (Å²) in [6, 6.07) is 8.74. The minimum atomic E-state index is 0.602. The fourth-order valence-corrected chi connectivity index (χ4v) is 2.10. The molecule has 3 rings (SSSR count). The first-order valence-corrected chi connectivity index (χ1v) is 7.01. The molecule has 1 heterocycles. The van der Waals surface area contributed by atoms with Crippen LogP contribution in [0.15, 0.2) is 30.6 Å². The van der Waals surface area contributed by atoms with E-state index in [1.165, 1.54) is 12.8 Å². The molecule has 0 bridgehead atoms. The van der Waals surface area contributed by atoms with Crippen LogP contribution in [-0.4, -0.2) is 21.4 Å². The fraction of sp³-hybridized carbons (Fsp3) is 0.467. The van der Waals surface area contributed by atoms with Crippen molar-refractivity contribution in [3.8, 4) is 17.1 Å². The standard InChI is InChI=1S/C15H19N3O/c1-2-3-10-19-14-8-4-12(5-9-14)15-17-16-11-18(15)13-6-7-13/h4-5,8-9,11,13H,2-3,6-7,10H2,1H3. The summed E-state index contributed by atoms with van der Waals surface area (Å²) in [5.41, 5.74) is 1.10. The van der Waals surface area contributed by atoms with E-state index >= 15 is 0 Å². The minimum Gasteiger partial charge on any atom is -0.494 e. The van der Waals surface area contributed by atoms with Crippen molar-refractivity contribution in [3.05, 3.63) is 30.6 Å². The maximum Gasteiger partial charge on any atom is 0.164 e. The predicted molar refractivity (Wildman–Crippen MR) is 74.1 cm³/mol. The Kier molecular flexibility index (Phi) is 3.49. The number of ether oxygens (including phenoxy) is 1. The summed E-state index contributed by atoms with van der Waals surface area (Å²) in [6.45, 7) is 2.95. The van der Waals surface area contributed by atoms with E-state index in [-0.39, 0.29) is 0 Å². The van der Waals surface area contributed by atoms with Crippen LogP contribution in [0.1, 0.15) is 38.6 Å². The van der Waals surface area contributed by atoms with Crippen molar-refractivity contribution in [2.75, 3.05) is 6.61 Å². The maximum absolute atomic E-state index is 5.67. The second-order valence-corrected chi connectivity index (χ2v) is 5.02. The van der Waals surface area contributed by atoms with Crippen LogP contribution in [0, 0.1) is 0 Å². The zero-order valence-electron chi connectivity index (χ0n) is 11.2. The van der Waals surface area contributed by atoms with Crippen molar-refractivity contribution in [1.82, 2.24) is 14.8 Å². The maximum atomic E-state index is 5.67. The highest BCUT2D eigenvalue weighted by molar-refractivity contribution is 5.56. The summed E-state index contributed by atoms with van der Waals surface area (Å²) in [6.07, 6.45) is 6.56. The van der Waals surface area contributed by atoms with E-state index in [1.54, 1.807) is 0 Å². The molecule has 19 heavy (non-hydrogen) atoms. The van der Waals surface area contributed by atoms with Crippen LogP contribution < -0.4 is 4.74 Å². The van der Waals surface area contributed by atoms with E-state index in [0.29, 0.717) is 6.04 Å². The molecule has 100 valence electrons. The number of rotatable bonds is 6. The molecule has 0 N–H and O–H groups in total. The molecule has 1 aromatic heterocycles. The summed E-state index contributed by atoms with van der Waals surface area (Å²) < 4.78 is 7.84. The van der Waals surface area contributed by atoms with Crippen molar-refractivity contribution in [2.45, 2.75) is 38.6 Å². The van der Waals surface area contributed by atoms with E-state index in [1.807, 2.05) is 18.5 Å². The monoisotopic (exact) mass is 257 g/mol. The Morgan fingerprint density at radius 1 is 1.26 bits per heavy atom. The van der Waals surface area contributed by atoms with Gasteiger partial charge in [0.25, 0.3) is 0 Å². The number of aromatic nitrogens is 3. The second-order valence-electron chi connectivity index (χ2n) is 5.02. The zero-order chi connectivity index (χ0) is 13.1. The van der Waals surface area contributed by atoms with Gasteiger partial charge in [-0.2, -0.15) is 0 Å². The van der Waals surface area contributed by atoms with Crippen molar-refractivity contribution < 1.29 is 4.74 Å². The van der Waals surface area contributed by atoms with Crippen molar-refractivity contribution in [1.29, 1.82) is 0 Å². The topological polar surface area (TPSA) is 39.9 Å². The summed E-state index contributed by atoms with van der Waals surface area (Å²) >= 11 is 0. The molecule has 2 aromatic rings. The molecule has 4 nitrogen and oxygen atoms in total. The Balaban J connectivity index is 1.72. The van der Waals surface area contributed by atoms with Gasteiger partial charge >= 0.3 is 0 Å². The smallest absolute Gasteiger partial charge is 0.164 e. The Hall–Kier alpha value is -1.84. The fourth-order valence-electron chi connectivity index (χ4n) is 2.10. The summed E-state index contributed by atoms with van der Waals surface area (Å²) in [4.78, 5) is 0. The lowest BCUT2D eigenvalue weighted by molar-refractivity contribution is 0.309. The van der Waals surface area contributed by atoms with E-state index in [2.05, 4.69) is 33.8 Å². The molecule has 0 radical (unpaired) electrons. The molecule has 1 aliphatic carbocycles. The third-order valence-electron chi connectivity index (χ3n) is 3.39. The summed E-state index contributed by atoms with van der Waals surface area (Å²) in [7, 11) is 0. The SMILES string of the molecule is CCCCOc1ccc(-c2nncn2C2CC2)cc1. The van der Waals surface area contributed by atoms with Crippen molar-refractivity contribution >= 4 is 0 Å². The van der Waals surface area contributed by atoms with Crippen LogP contribution in [0.2, 0.25) is 0 Å². The van der Waals surface area contributed by atoms with Crippen LogP contribution in [0.25, 0.3) is 11.4 Å². The Labute approximate surface area is 113 Å². The van der Waals surface area contributed by atoms with Crippen molar-refractivity contribution in [2.24, 2.45) is 0 Å². The molecule has 0 amide bonds. The van der Waals surface area contributed by atoms with Gasteiger partial charge in [-0.1, -0.05) is 13.3 Å². The third kappa shape index (κ3) is 2.78. The molecule has 1 fully saturated rings. The van der Waals surface area contributed by atoms with Gasteiger partial charge in [0.2, 0.25) is 0 Å². The number of benzene rings is 1. The van der Waals surface area contributed by atoms with Crippen LogP contribution >= 0.6 is 0 Å². The van der Waals surface area contributed by atoms with Gasteiger partial charge in [-0.15, -0.1) is 10.2 Å². The van der Waals surface area contributed by atoms with Gasteiger partial charge in [-0.3, -0.25) is 0 Å². The lowest BCUT2D eigenvalue weighted by Gasteiger charge is -2.07. The van der Waals surface area contributed by atoms with Crippen LogP contribution in [0.5, 0.6) is 5.75 Å². The quantitative estimate of drug-likeness (QED) is 0.744. The first-order valence-electron chi connectivity index (χ1n) is 7.01. The Morgan fingerprint density at radius 3 is 2.74 bits per heavy atom. The largest absolute Gasteiger partial charge is 0.494 e. The number of hydrogen-bond donors (Lipinski definition) is 0. The normalized spacial score (nSPS) is 14.6. The van der Waals surface area contributed by atoms with Crippen molar-refractivity contribution in [3.63, 3.8) is 0 Å². The highest BCUT2D eigenvalue weighted by atomic mass is 16.5. The van der Waals surface area contributed by atoms with Gasteiger partial charge in [0.05, 0.1) is 6.61 Å². The molecule has 1 saturated carbocycles. The van der Waals surface area contributed by atoms with Gasteiger partial charge in [-0.05, 0) is 43.5 Å². The summed E-state index contributed by atoms with van der Waals surface area (Å²) in [5, 5.41) is 8.25. The second kappa shape index (κ2) is 5.43. The number of hydrogen-bond acceptors (Lipinski definition) is 3. The first kappa shape index (κ1) is 12.2. The van der Waals surface area contributed by atoms with Gasteiger partial charge in [0.15, 0.2) is 5.82 Å². The van der Waals surface area contributed by atoms with E-state index in [4.69, 9.17) is 4.74 Å². The summed E-state index contributed by atoms with van der Waals surface area (Å²) in [5.74, 6) is 1.89. The van der Waals surface area contributed by atoms with Gasteiger partial charge in [0.1, 0.15) is 12.1 Å². The van der Waals surface area contributed by atoms with E-state index in [9.17, 15) is 0 Å². The van der Waals surface area contributed by atoms with Gasteiger partial charge in [-0.25, -0.2) is 0 Å². The molecule has 0 aliphatic heterocycles. The van der Waals surface area contributed by atoms with E-state index in [0.717, 1.165) is 36.6 Å². The lowest BCUT2D eigenvalue weighted by atomic mass is 10.2. The molecule has 0 atom stereocenters. The molecular formula is C15H19N3O. The highest BCUT2D eigenvalue weighted by Gasteiger charge is 2.26. The highest BCUT2D eigenvalue weighted by Crippen LogP contribution is 2.37. The Morgan fingerprint density at radius 2 is 2.05 bits per heavy atom. The first-order chi connectivity index (χ1) is 9.38. The average Bonchev–Trinajstić information content (AvgIpc) is 3.18. The van der Waals surface area contributed by atoms with Crippen LogP contribution in [0.3, 0.4) is 0 Å². The zero-order valence-corrected chi connectivity index (χ0v) is 11.2. The lowest BCUT2D eigenvalue weighted by Crippen LogP contribution is -1.97. The number of nitrogens with zero attached hydrogens (tertiary/aromatic N) is 3.